The summed E-state index contributed by atoms with van der Waals surface area (Å²) in [6.07, 6.45) is -0.555. The molecule has 0 saturated carbocycles. The number of likely N-dealkylation sites (N-methyl/N-ethyl adjacent to an activating group) is 1. The molecule has 1 aliphatic rings. The zero-order valence-electron chi connectivity index (χ0n) is 23.3. The van der Waals surface area contributed by atoms with Gasteiger partial charge in [0.25, 0.3) is 5.91 Å². The van der Waals surface area contributed by atoms with E-state index in [0.717, 1.165) is 35.4 Å². The number of carbonyl (C=O) groups excluding carboxylic acids is 1. The predicted octanol–water partition coefficient (Wildman–Crippen LogP) is 4.09. The molecule has 9 nitrogen and oxygen atoms in total. The van der Waals surface area contributed by atoms with Gasteiger partial charge in [-0.1, -0.05) is 6.07 Å². The maximum Gasteiger partial charge on any atom is 0.416 e. The van der Waals surface area contributed by atoms with Crippen LogP contribution in [0.5, 0.6) is 0 Å². The van der Waals surface area contributed by atoms with Crippen molar-refractivity contribution in [1.29, 1.82) is 0 Å². The number of amides is 1. The van der Waals surface area contributed by atoms with Crippen LogP contribution < -0.4 is 26.8 Å². The molecule has 2 heterocycles. The number of aromatic nitrogens is 2. The van der Waals surface area contributed by atoms with Gasteiger partial charge in [0.1, 0.15) is 0 Å². The minimum atomic E-state index is -4.56. The second-order valence-electron chi connectivity index (χ2n) is 10.3. The van der Waals surface area contributed by atoms with Crippen molar-refractivity contribution in [3.05, 3.63) is 76.7 Å². The third kappa shape index (κ3) is 6.23. The number of carbonyl (C=O) groups is 1. The number of hydrogen-bond donors (Lipinski definition) is 3. The zero-order valence-corrected chi connectivity index (χ0v) is 23.3. The molecule has 1 aliphatic heterocycles. The number of benzene rings is 2. The van der Waals surface area contributed by atoms with Gasteiger partial charge in [0, 0.05) is 60.6 Å². The molecule has 1 atom stereocenters. The monoisotopic (exact) mass is 556 g/mol. The van der Waals surface area contributed by atoms with E-state index in [2.05, 4.69) is 15.3 Å². The summed E-state index contributed by atoms with van der Waals surface area (Å²) in [5.41, 5.74) is 9.38. The van der Waals surface area contributed by atoms with E-state index in [-0.39, 0.29) is 17.3 Å². The van der Waals surface area contributed by atoms with Crippen molar-refractivity contribution in [3.8, 4) is 0 Å². The van der Waals surface area contributed by atoms with Crippen molar-refractivity contribution >= 4 is 28.7 Å². The van der Waals surface area contributed by atoms with Crippen molar-refractivity contribution in [2.45, 2.75) is 32.5 Å². The smallest absolute Gasteiger partial charge is 0.397 e. The normalized spacial score (nSPS) is 16.1. The Morgan fingerprint density at radius 1 is 1.18 bits per heavy atom. The molecule has 0 bridgehead atoms. The van der Waals surface area contributed by atoms with Gasteiger partial charge in [-0.05, 0) is 70.3 Å². The summed E-state index contributed by atoms with van der Waals surface area (Å²) < 4.78 is 43.0. The van der Waals surface area contributed by atoms with Crippen LogP contribution in [0, 0.1) is 13.8 Å². The van der Waals surface area contributed by atoms with E-state index in [9.17, 15) is 18.0 Å². The van der Waals surface area contributed by atoms with Gasteiger partial charge in [0.05, 0.1) is 23.1 Å². The Hall–Kier alpha value is -4.03. The molecule has 1 amide bonds. The van der Waals surface area contributed by atoms with E-state index in [1.165, 1.54) is 11.2 Å². The summed E-state index contributed by atoms with van der Waals surface area (Å²) in [7, 11) is 5.71. The lowest BCUT2D eigenvalue weighted by atomic mass is 10.1. The average molecular weight is 557 g/mol. The Bertz CT molecular complexity index is 1430. The quantitative estimate of drug-likeness (QED) is 0.297. The number of nitrogens with one attached hydrogen (secondary N) is 1. The third-order valence-corrected chi connectivity index (χ3v) is 7.34. The van der Waals surface area contributed by atoms with Gasteiger partial charge >= 0.3 is 6.18 Å². The fraction of sp³-hybridized carbons (Fsp3) is 0.357. The van der Waals surface area contributed by atoms with Gasteiger partial charge in [-0.25, -0.2) is 5.84 Å². The summed E-state index contributed by atoms with van der Waals surface area (Å²) >= 11 is 0. The number of rotatable bonds is 7. The molecule has 1 unspecified atom stereocenters. The molecular weight excluding hydrogens is 521 g/mol. The highest BCUT2D eigenvalue weighted by molar-refractivity contribution is 6.05. The van der Waals surface area contributed by atoms with Gasteiger partial charge in [0.15, 0.2) is 0 Å². The summed E-state index contributed by atoms with van der Waals surface area (Å²) in [4.78, 5) is 17.2. The Balaban J connectivity index is 1.59. The van der Waals surface area contributed by atoms with E-state index in [0.29, 0.717) is 30.2 Å². The standard InChI is InChI=1S/C28H35F3N8O/c1-17-6-7-19(10-26(17)39(33)16-25(32)24-14-34-37(5)18(24)2)27(40)35-21-11-20(28(29,30)31)12-23(13-21)38-9-8-22(15-38)36(3)4/h6-7,10-14,16,22H,8-9,15,32-33H2,1-5H3,(H,35,40)/b25-16-. The topological polar surface area (TPSA) is 109 Å². The molecule has 214 valence electrons. The molecule has 1 fully saturated rings. The number of hydrazine groups is 1. The number of alkyl halides is 3. The summed E-state index contributed by atoms with van der Waals surface area (Å²) in [5, 5.41) is 8.14. The van der Waals surface area contributed by atoms with E-state index >= 15 is 0 Å². The second-order valence-corrected chi connectivity index (χ2v) is 10.3. The molecular formula is C28H35F3N8O. The summed E-state index contributed by atoms with van der Waals surface area (Å²) in [5.74, 6) is 5.72. The molecule has 3 aromatic rings. The first kappa shape index (κ1) is 29.0. The van der Waals surface area contributed by atoms with Gasteiger partial charge < -0.3 is 20.9 Å². The Morgan fingerprint density at radius 3 is 2.50 bits per heavy atom. The summed E-state index contributed by atoms with van der Waals surface area (Å²) in [6, 6.07) is 8.78. The van der Waals surface area contributed by atoms with Gasteiger partial charge in [0.2, 0.25) is 0 Å². The van der Waals surface area contributed by atoms with Crippen LogP contribution in [-0.4, -0.2) is 53.8 Å². The number of halogens is 3. The minimum Gasteiger partial charge on any atom is -0.397 e. The first-order chi connectivity index (χ1) is 18.7. The van der Waals surface area contributed by atoms with Crippen LogP contribution in [0.2, 0.25) is 0 Å². The number of nitrogens with two attached hydrogens (primary N) is 2. The van der Waals surface area contributed by atoms with Crippen LogP contribution in [0.15, 0.2) is 48.8 Å². The highest BCUT2D eigenvalue weighted by Crippen LogP contribution is 2.36. The van der Waals surface area contributed by atoms with Crippen LogP contribution in [-0.2, 0) is 13.2 Å². The third-order valence-electron chi connectivity index (χ3n) is 7.34. The van der Waals surface area contributed by atoms with Crippen molar-refractivity contribution in [1.82, 2.24) is 14.7 Å². The predicted molar refractivity (Wildman–Crippen MR) is 152 cm³/mol. The van der Waals surface area contributed by atoms with Crippen molar-refractivity contribution in [2.75, 3.05) is 42.4 Å². The lowest BCUT2D eigenvalue weighted by molar-refractivity contribution is -0.137. The molecule has 40 heavy (non-hydrogen) atoms. The molecule has 4 rings (SSSR count). The van der Waals surface area contributed by atoms with E-state index in [4.69, 9.17) is 11.6 Å². The maximum absolute atomic E-state index is 13.8. The highest BCUT2D eigenvalue weighted by Gasteiger charge is 2.33. The number of nitrogens with zero attached hydrogens (tertiary/aromatic N) is 5. The van der Waals surface area contributed by atoms with Crippen molar-refractivity contribution in [3.63, 3.8) is 0 Å². The number of aryl methyl sites for hydroxylation is 2. The SMILES string of the molecule is Cc1ccc(C(=O)Nc2cc(N3CCC(N(C)C)C3)cc(C(F)(F)F)c2)cc1N(N)/C=C(\N)c1cnn(C)c1C. The molecule has 0 spiro atoms. The second kappa shape index (κ2) is 11.2. The first-order valence-electron chi connectivity index (χ1n) is 12.8. The van der Waals surface area contributed by atoms with E-state index < -0.39 is 17.6 Å². The Morgan fingerprint density at radius 2 is 1.90 bits per heavy atom. The first-order valence-corrected chi connectivity index (χ1v) is 12.8. The molecule has 1 aromatic heterocycles. The van der Waals surface area contributed by atoms with Gasteiger partial charge in [-0.2, -0.15) is 18.3 Å². The molecule has 1 saturated heterocycles. The molecule has 2 aromatic carbocycles. The van der Waals surface area contributed by atoms with Gasteiger partial charge in [-0.15, -0.1) is 0 Å². The Kier molecular flexibility index (Phi) is 8.13. The van der Waals surface area contributed by atoms with Crippen LogP contribution in [0.3, 0.4) is 0 Å². The summed E-state index contributed by atoms with van der Waals surface area (Å²) in [6.45, 7) is 4.93. The van der Waals surface area contributed by atoms with Crippen molar-refractivity contribution in [2.24, 2.45) is 18.6 Å². The number of hydrogen-bond acceptors (Lipinski definition) is 7. The van der Waals surface area contributed by atoms with Crippen LogP contribution >= 0.6 is 0 Å². The van der Waals surface area contributed by atoms with Crippen LogP contribution in [0.4, 0.5) is 30.2 Å². The lowest BCUT2D eigenvalue weighted by Crippen LogP contribution is -2.31. The Labute approximate surface area is 231 Å². The molecule has 0 aliphatic carbocycles. The van der Waals surface area contributed by atoms with E-state index in [1.54, 1.807) is 42.2 Å². The van der Waals surface area contributed by atoms with Crippen LogP contribution in [0.25, 0.3) is 5.70 Å². The molecule has 12 heteroatoms. The van der Waals surface area contributed by atoms with Crippen LogP contribution in [0.1, 0.15) is 39.2 Å². The number of anilines is 3. The maximum atomic E-state index is 13.8. The highest BCUT2D eigenvalue weighted by atomic mass is 19.4. The van der Waals surface area contributed by atoms with Gasteiger partial charge in [-0.3, -0.25) is 14.5 Å². The minimum absolute atomic E-state index is 0.0612. The average Bonchev–Trinajstić information content (AvgIpc) is 3.51. The fourth-order valence-electron chi connectivity index (χ4n) is 4.73. The largest absolute Gasteiger partial charge is 0.416 e. The van der Waals surface area contributed by atoms with Crippen molar-refractivity contribution < 1.29 is 18.0 Å². The zero-order chi connectivity index (χ0) is 29.4. The van der Waals surface area contributed by atoms with E-state index in [1.807, 2.05) is 32.8 Å². The molecule has 0 radical (unpaired) electrons. The lowest BCUT2D eigenvalue weighted by Gasteiger charge is -2.23. The fourth-order valence-corrected chi connectivity index (χ4v) is 4.73. The molecule has 5 N–H and O–H groups in total.